The van der Waals surface area contributed by atoms with Gasteiger partial charge in [-0.25, -0.2) is 4.79 Å². The Balaban J connectivity index is 1.99. The maximum Gasteiger partial charge on any atom is 0.416 e. The van der Waals surface area contributed by atoms with E-state index in [1.165, 1.54) is 17.9 Å². The molecule has 0 N–H and O–H groups in total. The highest BCUT2D eigenvalue weighted by atomic mass is 19.4. The van der Waals surface area contributed by atoms with E-state index in [9.17, 15) is 35.9 Å². The first-order valence-electron chi connectivity index (χ1n) is 10.5. The Morgan fingerprint density at radius 3 is 2.09 bits per heavy atom. The zero-order valence-electron chi connectivity index (χ0n) is 18.7. The van der Waals surface area contributed by atoms with Crippen LogP contribution in [-0.4, -0.2) is 52.7 Å². The molecule has 1 saturated heterocycles. The second-order valence-corrected chi connectivity index (χ2v) is 9.66. The molecule has 0 bridgehead atoms. The van der Waals surface area contributed by atoms with Gasteiger partial charge in [0.1, 0.15) is 11.0 Å². The molecule has 1 saturated carbocycles. The van der Waals surface area contributed by atoms with Crippen molar-refractivity contribution >= 4 is 12.0 Å². The molecule has 2 atom stereocenters. The van der Waals surface area contributed by atoms with Gasteiger partial charge in [0.2, 0.25) is 5.91 Å². The Hall–Kier alpha value is -2.46. The smallest absolute Gasteiger partial charge is 0.416 e. The van der Waals surface area contributed by atoms with Gasteiger partial charge in [-0.2, -0.15) is 26.3 Å². The first-order valence-corrected chi connectivity index (χ1v) is 10.5. The summed E-state index contributed by atoms with van der Waals surface area (Å²) in [6, 6.07) is 2.33. The van der Waals surface area contributed by atoms with Gasteiger partial charge in [0, 0.05) is 19.1 Å². The third-order valence-corrected chi connectivity index (χ3v) is 5.93. The lowest BCUT2D eigenvalue weighted by molar-refractivity contribution is -0.201. The van der Waals surface area contributed by atoms with Crippen molar-refractivity contribution < 1.29 is 40.7 Å². The van der Waals surface area contributed by atoms with Crippen LogP contribution in [0.1, 0.15) is 57.7 Å². The van der Waals surface area contributed by atoms with E-state index < -0.39 is 53.0 Å². The van der Waals surface area contributed by atoms with E-state index in [1.54, 1.807) is 20.8 Å². The summed E-state index contributed by atoms with van der Waals surface area (Å²) in [5.41, 5.74) is -4.28. The zero-order chi connectivity index (χ0) is 25.0. The zero-order valence-corrected chi connectivity index (χ0v) is 18.7. The summed E-state index contributed by atoms with van der Waals surface area (Å²) in [5, 5.41) is 0. The number of carbonyl (C=O) groups is 2. The van der Waals surface area contributed by atoms with Gasteiger partial charge in [0.05, 0.1) is 11.6 Å². The van der Waals surface area contributed by atoms with Crippen molar-refractivity contribution in [1.29, 1.82) is 0 Å². The second-order valence-electron chi connectivity index (χ2n) is 9.66. The highest BCUT2D eigenvalue weighted by Crippen LogP contribution is 2.59. The molecule has 1 aromatic carbocycles. The molecule has 1 unspecified atom stereocenters. The highest BCUT2D eigenvalue weighted by Gasteiger charge is 2.70. The SMILES string of the molecule is C[C@@H]1CN(C(=O)OC(C)(C)C)C(c2cccc(C(F)(F)F)c2)CN1C(=O)C1(C(F)(F)F)CC1. The molecule has 0 radical (unpaired) electrons. The Kier molecular flexibility index (Phi) is 6.17. The summed E-state index contributed by atoms with van der Waals surface area (Å²) < 4.78 is 85.9. The minimum absolute atomic E-state index is 0.0530. The predicted octanol–water partition coefficient (Wildman–Crippen LogP) is 5.56. The summed E-state index contributed by atoms with van der Waals surface area (Å²) in [5.74, 6) is -1.11. The number of piperazine rings is 1. The van der Waals surface area contributed by atoms with Gasteiger partial charge in [0.15, 0.2) is 0 Å². The van der Waals surface area contributed by atoms with Crippen LogP contribution in [0.2, 0.25) is 0 Å². The van der Waals surface area contributed by atoms with Gasteiger partial charge >= 0.3 is 18.4 Å². The minimum atomic E-state index is -4.72. The minimum Gasteiger partial charge on any atom is -0.444 e. The van der Waals surface area contributed by atoms with Crippen LogP contribution in [0.25, 0.3) is 0 Å². The van der Waals surface area contributed by atoms with Crippen molar-refractivity contribution in [3.05, 3.63) is 35.4 Å². The average Bonchev–Trinajstić information content (AvgIpc) is 3.47. The molecular formula is C22H26F6N2O3. The van der Waals surface area contributed by atoms with E-state index in [2.05, 4.69) is 0 Å². The topological polar surface area (TPSA) is 49.9 Å². The molecule has 0 aromatic heterocycles. The molecule has 1 heterocycles. The predicted molar refractivity (Wildman–Crippen MR) is 106 cm³/mol. The van der Waals surface area contributed by atoms with Crippen LogP contribution in [0, 0.1) is 5.41 Å². The number of alkyl halides is 6. The molecule has 33 heavy (non-hydrogen) atoms. The maximum absolute atomic E-state index is 13.6. The first-order chi connectivity index (χ1) is 15.0. The number of carbonyl (C=O) groups excluding carboxylic acids is 2. The monoisotopic (exact) mass is 480 g/mol. The normalized spacial score (nSPS) is 23.3. The van der Waals surface area contributed by atoms with Gasteiger partial charge < -0.3 is 9.64 Å². The number of nitrogens with zero attached hydrogens (tertiary/aromatic N) is 2. The maximum atomic E-state index is 13.6. The van der Waals surface area contributed by atoms with E-state index in [1.807, 2.05) is 0 Å². The molecule has 3 rings (SSSR count). The third-order valence-electron chi connectivity index (χ3n) is 5.93. The summed E-state index contributed by atoms with van der Waals surface area (Å²) >= 11 is 0. The lowest BCUT2D eigenvalue weighted by Gasteiger charge is -2.46. The van der Waals surface area contributed by atoms with Crippen molar-refractivity contribution in [3.8, 4) is 0 Å². The quantitative estimate of drug-likeness (QED) is 0.521. The largest absolute Gasteiger partial charge is 0.444 e. The van der Waals surface area contributed by atoms with Crippen LogP contribution >= 0.6 is 0 Å². The molecule has 184 valence electrons. The highest BCUT2D eigenvalue weighted by molar-refractivity contribution is 5.87. The van der Waals surface area contributed by atoms with Crippen LogP contribution in [0.15, 0.2) is 24.3 Å². The number of ether oxygens (including phenoxy) is 1. The molecule has 5 nitrogen and oxygen atoms in total. The second kappa shape index (κ2) is 8.09. The molecule has 1 aliphatic carbocycles. The Morgan fingerprint density at radius 2 is 1.61 bits per heavy atom. The fourth-order valence-electron chi connectivity index (χ4n) is 4.01. The Morgan fingerprint density at radius 1 is 1.00 bits per heavy atom. The van der Waals surface area contributed by atoms with Gasteiger partial charge in [0.25, 0.3) is 0 Å². The van der Waals surface area contributed by atoms with Crippen LogP contribution in [0.5, 0.6) is 0 Å². The van der Waals surface area contributed by atoms with E-state index in [0.29, 0.717) is 0 Å². The fourth-order valence-corrected chi connectivity index (χ4v) is 4.01. The van der Waals surface area contributed by atoms with E-state index in [-0.39, 0.29) is 31.5 Å². The summed E-state index contributed by atoms with van der Waals surface area (Å²) in [7, 11) is 0. The van der Waals surface area contributed by atoms with Crippen LogP contribution < -0.4 is 0 Å². The molecule has 1 aliphatic heterocycles. The molecular weight excluding hydrogens is 454 g/mol. The molecule has 2 aliphatic rings. The number of benzene rings is 1. The van der Waals surface area contributed by atoms with Crippen LogP contribution in [0.4, 0.5) is 31.1 Å². The van der Waals surface area contributed by atoms with E-state index >= 15 is 0 Å². The van der Waals surface area contributed by atoms with Crippen LogP contribution in [-0.2, 0) is 15.7 Å². The lowest BCUT2D eigenvalue weighted by Crippen LogP contribution is -2.59. The molecule has 2 amide bonds. The molecule has 0 spiro atoms. The van der Waals surface area contributed by atoms with Crippen molar-refractivity contribution in [2.75, 3.05) is 13.1 Å². The van der Waals surface area contributed by atoms with E-state index in [4.69, 9.17) is 4.74 Å². The van der Waals surface area contributed by atoms with Crippen molar-refractivity contribution in [3.63, 3.8) is 0 Å². The number of amides is 2. The van der Waals surface area contributed by atoms with Crippen molar-refractivity contribution in [1.82, 2.24) is 9.80 Å². The van der Waals surface area contributed by atoms with Gasteiger partial charge in [-0.1, -0.05) is 12.1 Å². The summed E-state index contributed by atoms with van der Waals surface area (Å²) in [6.07, 6.45) is -10.9. The lowest BCUT2D eigenvalue weighted by atomic mass is 9.95. The molecule has 2 fully saturated rings. The Labute approximate surface area is 187 Å². The molecule has 1 aromatic rings. The summed E-state index contributed by atoms with van der Waals surface area (Å²) in [4.78, 5) is 28.0. The van der Waals surface area contributed by atoms with Gasteiger partial charge in [-0.05, 0) is 58.2 Å². The summed E-state index contributed by atoms with van der Waals surface area (Å²) in [6.45, 7) is 5.80. The van der Waals surface area contributed by atoms with E-state index in [0.717, 1.165) is 23.1 Å². The Bertz CT molecular complexity index is 918. The average molecular weight is 480 g/mol. The molecule has 11 heteroatoms. The number of hydrogen-bond donors (Lipinski definition) is 0. The van der Waals surface area contributed by atoms with Crippen molar-refractivity contribution in [2.24, 2.45) is 5.41 Å². The standard InChI is InChI=1S/C22H26F6N2O3/c1-13-11-30(18(32)33-19(2,3)4)16(14-6-5-7-15(10-14)21(23,24)25)12-29(13)17(31)20(8-9-20)22(26,27)28/h5-7,10,13,16H,8-9,11-12H2,1-4H3/t13-,16?/m1/s1. The third kappa shape index (κ3) is 5.06. The van der Waals surface area contributed by atoms with Crippen LogP contribution in [0.3, 0.4) is 0 Å². The van der Waals surface area contributed by atoms with Crippen molar-refractivity contribution in [2.45, 2.75) is 70.6 Å². The number of halogens is 6. The number of hydrogen-bond acceptors (Lipinski definition) is 3. The first kappa shape index (κ1) is 25.2. The van der Waals surface area contributed by atoms with Gasteiger partial charge in [-0.15, -0.1) is 0 Å². The van der Waals surface area contributed by atoms with Gasteiger partial charge in [-0.3, -0.25) is 9.69 Å². The number of rotatable bonds is 2. The fraction of sp³-hybridized carbons (Fsp3) is 0.636.